The molecule has 1 aliphatic carbocycles. The number of nitrogens with two attached hydrogens (primary N) is 1. The largest absolute Gasteiger partial charge is 0.463 e. The molecule has 2 N–H and O–H groups in total. The van der Waals surface area contributed by atoms with Crippen LogP contribution < -0.4 is 5.73 Å². The number of hydrogen-bond acceptors (Lipinski definition) is 4. The molecule has 0 spiro atoms. The standard InChI is InChI=1S/C16H31NO3/c1-5-6-9-19-10-11-20-15(18)13-7-8-14(17)12(2)16(13,3)4/h12-14H,5-11,17H2,1-4H3. The number of carbonyl (C=O) groups is 1. The second-order valence-corrected chi connectivity index (χ2v) is 6.54. The molecule has 1 saturated carbocycles. The summed E-state index contributed by atoms with van der Waals surface area (Å²) < 4.78 is 10.8. The van der Waals surface area contributed by atoms with Gasteiger partial charge in [-0.2, -0.15) is 0 Å². The highest BCUT2D eigenvalue weighted by atomic mass is 16.6. The van der Waals surface area contributed by atoms with Crippen LogP contribution in [0, 0.1) is 17.3 Å². The fourth-order valence-corrected chi connectivity index (χ4v) is 2.92. The lowest BCUT2D eigenvalue weighted by Crippen LogP contribution is -2.49. The first-order chi connectivity index (χ1) is 9.41. The van der Waals surface area contributed by atoms with Crippen molar-refractivity contribution in [2.45, 2.75) is 59.4 Å². The Labute approximate surface area is 123 Å². The lowest BCUT2D eigenvalue weighted by molar-refractivity contribution is -0.158. The molecule has 0 aromatic carbocycles. The summed E-state index contributed by atoms with van der Waals surface area (Å²) in [7, 11) is 0. The highest BCUT2D eigenvalue weighted by Crippen LogP contribution is 2.44. The van der Waals surface area contributed by atoms with E-state index in [2.05, 4.69) is 27.7 Å². The summed E-state index contributed by atoms with van der Waals surface area (Å²) in [5, 5.41) is 0. The maximum absolute atomic E-state index is 12.2. The molecule has 3 unspecified atom stereocenters. The van der Waals surface area contributed by atoms with E-state index in [4.69, 9.17) is 15.2 Å². The van der Waals surface area contributed by atoms with E-state index < -0.39 is 0 Å². The second-order valence-electron chi connectivity index (χ2n) is 6.54. The molecule has 1 aliphatic rings. The SMILES string of the molecule is CCCCOCCOC(=O)C1CCC(N)C(C)C1(C)C. The van der Waals surface area contributed by atoms with Gasteiger partial charge in [-0.25, -0.2) is 0 Å². The van der Waals surface area contributed by atoms with Gasteiger partial charge < -0.3 is 15.2 Å². The van der Waals surface area contributed by atoms with E-state index in [9.17, 15) is 4.79 Å². The third-order valence-electron chi connectivity index (χ3n) is 4.90. The van der Waals surface area contributed by atoms with Crippen molar-refractivity contribution in [3.8, 4) is 0 Å². The normalized spacial score (nSPS) is 29.1. The average Bonchev–Trinajstić information content (AvgIpc) is 2.40. The van der Waals surface area contributed by atoms with Crippen molar-refractivity contribution < 1.29 is 14.3 Å². The van der Waals surface area contributed by atoms with Crippen molar-refractivity contribution in [1.29, 1.82) is 0 Å². The average molecular weight is 285 g/mol. The quantitative estimate of drug-likeness (QED) is 0.577. The Morgan fingerprint density at radius 3 is 2.60 bits per heavy atom. The minimum atomic E-state index is -0.0994. The molecular weight excluding hydrogens is 254 g/mol. The van der Waals surface area contributed by atoms with Crippen LogP contribution in [0.3, 0.4) is 0 Å². The molecule has 1 rings (SSSR count). The maximum Gasteiger partial charge on any atom is 0.309 e. The topological polar surface area (TPSA) is 61.5 Å². The van der Waals surface area contributed by atoms with Gasteiger partial charge in [0.25, 0.3) is 0 Å². The Bertz CT molecular complexity index is 304. The first-order valence-corrected chi connectivity index (χ1v) is 7.91. The Hall–Kier alpha value is -0.610. The molecule has 118 valence electrons. The molecule has 20 heavy (non-hydrogen) atoms. The molecule has 1 fully saturated rings. The molecule has 0 saturated heterocycles. The molecule has 0 amide bonds. The minimum absolute atomic E-state index is 0.0482. The van der Waals surface area contributed by atoms with Gasteiger partial charge in [-0.05, 0) is 30.6 Å². The van der Waals surface area contributed by atoms with E-state index in [1.807, 2.05) is 0 Å². The fraction of sp³-hybridized carbons (Fsp3) is 0.938. The molecule has 4 heteroatoms. The predicted octanol–water partition coefficient (Wildman–Crippen LogP) is 2.75. The van der Waals surface area contributed by atoms with E-state index in [0.717, 1.165) is 32.3 Å². The van der Waals surface area contributed by atoms with E-state index in [1.165, 1.54) is 0 Å². The maximum atomic E-state index is 12.2. The van der Waals surface area contributed by atoms with Gasteiger partial charge in [0.2, 0.25) is 0 Å². The molecule has 0 bridgehead atoms. The zero-order valence-electron chi connectivity index (χ0n) is 13.5. The van der Waals surface area contributed by atoms with E-state index in [0.29, 0.717) is 19.1 Å². The first kappa shape index (κ1) is 17.4. The van der Waals surface area contributed by atoms with Crippen molar-refractivity contribution in [1.82, 2.24) is 0 Å². The van der Waals surface area contributed by atoms with Gasteiger partial charge in [0, 0.05) is 12.6 Å². The molecule has 0 aliphatic heterocycles. The highest BCUT2D eigenvalue weighted by molar-refractivity contribution is 5.73. The van der Waals surface area contributed by atoms with Crippen molar-refractivity contribution >= 4 is 5.97 Å². The van der Waals surface area contributed by atoms with Gasteiger partial charge in [-0.3, -0.25) is 4.79 Å². The zero-order chi connectivity index (χ0) is 15.2. The zero-order valence-corrected chi connectivity index (χ0v) is 13.5. The second kappa shape index (κ2) is 7.99. The van der Waals surface area contributed by atoms with Crippen LogP contribution in [0.5, 0.6) is 0 Å². The van der Waals surface area contributed by atoms with Gasteiger partial charge in [0.1, 0.15) is 6.61 Å². The predicted molar refractivity (Wildman–Crippen MR) is 80.3 cm³/mol. The van der Waals surface area contributed by atoms with Gasteiger partial charge in [0.05, 0.1) is 12.5 Å². The number of carbonyl (C=O) groups excluding carboxylic acids is 1. The fourth-order valence-electron chi connectivity index (χ4n) is 2.92. The Balaban J connectivity index is 2.35. The third-order valence-corrected chi connectivity index (χ3v) is 4.90. The summed E-state index contributed by atoms with van der Waals surface area (Å²) in [6, 6.07) is 0.187. The lowest BCUT2D eigenvalue weighted by Gasteiger charge is -2.45. The molecular formula is C16H31NO3. The Morgan fingerprint density at radius 1 is 1.25 bits per heavy atom. The van der Waals surface area contributed by atoms with Crippen LogP contribution >= 0.6 is 0 Å². The van der Waals surface area contributed by atoms with Crippen molar-refractivity contribution in [3.63, 3.8) is 0 Å². The van der Waals surface area contributed by atoms with Crippen LogP contribution in [0.4, 0.5) is 0 Å². The van der Waals surface area contributed by atoms with Crippen LogP contribution in [-0.4, -0.2) is 31.8 Å². The molecule has 0 radical (unpaired) electrons. The highest BCUT2D eigenvalue weighted by Gasteiger charge is 2.45. The van der Waals surface area contributed by atoms with Crippen LogP contribution in [0.25, 0.3) is 0 Å². The van der Waals surface area contributed by atoms with Gasteiger partial charge in [-0.1, -0.05) is 34.1 Å². The van der Waals surface area contributed by atoms with Gasteiger partial charge >= 0.3 is 5.97 Å². The summed E-state index contributed by atoms with van der Waals surface area (Å²) in [6.45, 7) is 10.1. The molecule has 0 aromatic rings. The van der Waals surface area contributed by atoms with Crippen LogP contribution in [0.2, 0.25) is 0 Å². The summed E-state index contributed by atoms with van der Waals surface area (Å²) >= 11 is 0. The smallest absolute Gasteiger partial charge is 0.309 e. The van der Waals surface area contributed by atoms with Crippen LogP contribution in [0.15, 0.2) is 0 Å². The Morgan fingerprint density at radius 2 is 1.95 bits per heavy atom. The van der Waals surface area contributed by atoms with Crippen molar-refractivity contribution in [3.05, 3.63) is 0 Å². The Kier molecular flexibility index (Phi) is 6.96. The molecule has 0 heterocycles. The van der Waals surface area contributed by atoms with Crippen LogP contribution in [-0.2, 0) is 14.3 Å². The summed E-state index contributed by atoms with van der Waals surface area (Å²) in [6.07, 6.45) is 3.90. The monoisotopic (exact) mass is 285 g/mol. The molecule has 0 aromatic heterocycles. The molecule has 4 nitrogen and oxygen atoms in total. The summed E-state index contributed by atoms with van der Waals surface area (Å²) in [5.41, 5.74) is 6.01. The number of hydrogen-bond donors (Lipinski definition) is 1. The number of unbranched alkanes of at least 4 members (excludes halogenated alkanes) is 1. The van der Waals surface area contributed by atoms with Crippen molar-refractivity contribution in [2.75, 3.05) is 19.8 Å². The number of esters is 1. The van der Waals surface area contributed by atoms with Crippen molar-refractivity contribution in [2.24, 2.45) is 23.0 Å². The lowest BCUT2D eigenvalue weighted by atomic mass is 9.61. The van der Waals surface area contributed by atoms with Crippen LogP contribution in [0.1, 0.15) is 53.4 Å². The van der Waals surface area contributed by atoms with E-state index in [1.54, 1.807) is 0 Å². The number of rotatable bonds is 7. The number of ether oxygens (including phenoxy) is 2. The van der Waals surface area contributed by atoms with E-state index >= 15 is 0 Å². The minimum Gasteiger partial charge on any atom is -0.463 e. The van der Waals surface area contributed by atoms with Gasteiger partial charge in [-0.15, -0.1) is 0 Å². The summed E-state index contributed by atoms with van der Waals surface area (Å²) in [4.78, 5) is 12.2. The summed E-state index contributed by atoms with van der Waals surface area (Å²) in [5.74, 6) is 0.190. The third kappa shape index (κ3) is 4.45. The van der Waals surface area contributed by atoms with E-state index in [-0.39, 0.29) is 23.3 Å². The molecule has 3 atom stereocenters. The first-order valence-electron chi connectivity index (χ1n) is 7.91. The van der Waals surface area contributed by atoms with Gasteiger partial charge in [0.15, 0.2) is 0 Å².